The lowest BCUT2D eigenvalue weighted by Crippen LogP contribution is -2.50. The molecular formula is C21H25ClN4O2. The van der Waals surface area contributed by atoms with Crippen LogP contribution in [0.1, 0.15) is 31.2 Å². The highest BCUT2D eigenvalue weighted by atomic mass is 35.5. The van der Waals surface area contributed by atoms with Crippen LogP contribution in [0.15, 0.2) is 42.7 Å². The molecule has 2 aliphatic rings. The van der Waals surface area contributed by atoms with Crippen LogP contribution in [0.2, 0.25) is 5.02 Å². The number of carbonyl (C=O) groups is 1. The lowest BCUT2D eigenvalue weighted by molar-refractivity contribution is -0.140. The van der Waals surface area contributed by atoms with Crippen LogP contribution >= 0.6 is 11.6 Å². The third-order valence-corrected chi connectivity index (χ3v) is 6.14. The van der Waals surface area contributed by atoms with Crippen molar-refractivity contribution < 1.29 is 9.90 Å². The zero-order chi connectivity index (χ0) is 19.6. The molecule has 0 saturated carbocycles. The summed E-state index contributed by atoms with van der Waals surface area (Å²) >= 11 is 5.96. The van der Waals surface area contributed by atoms with Crippen LogP contribution in [0.25, 0.3) is 0 Å². The van der Waals surface area contributed by atoms with E-state index in [-0.39, 0.29) is 11.8 Å². The Morgan fingerprint density at radius 2 is 1.79 bits per heavy atom. The molecular weight excluding hydrogens is 376 g/mol. The van der Waals surface area contributed by atoms with Crippen molar-refractivity contribution >= 4 is 23.5 Å². The van der Waals surface area contributed by atoms with Crippen LogP contribution < -0.4 is 4.90 Å². The van der Waals surface area contributed by atoms with E-state index in [1.54, 1.807) is 30.6 Å². The Balaban J connectivity index is 1.38. The predicted octanol–water partition coefficient (Wildman–Crippen LogP) is 2.86. The van der Waals surface area contributed by atoms with E-state index in [0.717, 1.165) is 24.9 Å². The Kier molecular flexibility index (Phi) is 5.51. The highest BCUT2D eigenvalue weighted by Gasteiger charge is 2.38. The number of hydrogen-bond acceptors (Lipinski definition) is 5. The van der Waals surface area contributed by atoms with Gasteiger partial charge in [0, 0.05) is 43.6 Å². The van der Waals surface area contributed by atoms with Gasteiger partial charge in [0.2, 0.25) is 11.9 Å². The highest BCUT2D eigenvalue weighted by Crippen LogP contribution is 2.34. The van der Waals surface area contributed by atoms with Gasteiger partial charge in [-0.2, -0.15) is 0 Å². The van der Waals surface area contributed by atoms with Crippen LogP contribution in [0, 0.1) is 5.92 Å². The normalized spacial score (nSPS) is 22.1. The van der Waals surface area contributed by atoms with Crippen LogP contribution in [-0.2, 0) is 10.4 Å². The molecule has 2 aromatic rings. The number of amides is 1. The molecule has 1 N–H and O–H groups in total. The largest absolute Gasteiger partial charge is 0.385 e. The van der Waals surface area contributed by atoms with Crippen molar-refractivity contribution in [3.05, 3.63) is 53.3 Å². The minimum atomic E-state index is -0.891. The minimum Gasteiger partial charge on any atom is -0.385 e. The molecule has 0 unspecified atom stereocenters. The van der Waals surface area contributed by atoms with E-state index in [1.807, 2.05) is 17.0 Å². The molecule has 2 aliphatic heterocycles. The number of anilines is 1. The first-order chi connectivity index (χ1) is 13.5. The fraction of sp³-hybridized carbons (Fsp3) is 0.476. The van der Waals surface area contributed by atoms with Gasteiger partial charge in [0.25, 0.3) is 0 Å². The SMILES string of the molecule is O=C([C@H]1CCCN(c2ncccn2)C1)N1CCC(O)(c2ccc(Cl)cc2)CC1. The molecule has 7 heteroatoms. The molecule has 1 amide bonds. The second kappa shape index (κ2) is 8.05. The fourth-order valence-electron chi connectivity index (χ4n) is 4.22. The molecule has 1 atom stereocenters. The number of aliphatic hydroxyl groups is 1. The van der Waals surface area contributed by atoms with E-state index in [9.17, 15) is 9.90 Å². The fourth-order valence-corrected chi connectivity index (χ4v) is 4.34. The van der Waals surface area contributed by atoms with Crippen molar-refractivity contribution in [2.75, 3.05) is 31.1 Å². The molecule has 0 aliphatic carbocycles. The minimum absolute atomic E-state index is 0.0423. The average molecular weight is 401 g/mol. The van der Waals surface area contributed by atoms with Crippen molar-refractivity contribution in [2.24, 2.45) is 5.92 Å². The second-order valence-corrected chi connectivity index (χ2v) is 8.13. The Morgan fingerprint density at radius 1 is 1.11 bits per heavy atom. The van der Waals surface area contributed by atoms with Crippen molar-refractivity contribution in [3.8, 4) is 0 Å². The quantitative estimate of drug-likeness (QED) is 0.857. The highest BCUT2D eigenvalue weighted by molar-refractivity contribution is 6.30. The number of rotatable bonds is 3. The van der Waals surface area contributed by atoms with Gasteiger partial charge >= 0.3 is 0 Å². The Morgan fingerprint density at radius 3 is 2.46 bits per heavy atom. The topological polar surface area (TPSA) is 69.6 Å². The molecule has 0 bridgehead atoms. The van der Waals surface area contributed by atoms with Crippen LogP contribution in [0.3, 0.4) is 0 Å². The monoisotopic (exact) mass is 400 g/mol. The van der Waals surface area contributed by atoms with Gasteiger partial charge in [0.15, 0.2) is 0 Å². The van der Waals surface area contributed by atoms with Crippen LogP contribution in [0.4, 0.5) is 5.95 Å². The van der Waals surface area contributed by atoms with Gasteiger partial charge in [-0.15, -0.1) is 0 Å². The van der Waals surface area contributed by atoms with Gasteiger partial charge in [0.1, 0.15) is 0 Å². The van der Waals surface area contributed by atoms with Gasteiger partial charge in [-0.05, 0) is 49.4 Å². The number of likely N-dealkylation sites (tertiary alicyclic amines) is 1. The molecule has 0 radical (unpaired) electrons. The van der Waals surface area contributed by atoms with Gasteiger partial charge in [-0.3, -0.25) is 4.79 Å². The Bertz CT molecular complexity index is 807. The molecule has 28 heavy (non-hydrogen) atoms. The van der Waals surface area contributed by atoms with Gasteiger partial charge in [0.05, 0.1) is 11.5 Å². The number of piperidine rings is 2. The summed E-state index contributed by atoms with van der Waals surface area (Å²) in [4.78, 5) is 25.7. The third kappa shape index (κ3) is 3.98. The summed E-state index contributed by atoms with van der Waals surface area (Å²) in [6, 6.07) is 9.15. The summed E-state index contributed by atoms with van der Waals surface area (Å²) < 4.78 is 0. The molecule has 0 spiro atoms. The lowest BCUT2D eigenvalue weighted by Gasteiger charge is -2.41. The summed E-state index contributed by atoms with van der Waals surface area (Å²) in [5.74, 6) is 0.828. The zero-order valence-corrected chi connectivity index (χ0v) is 16.6. The van der Waals surface area contributed by atoms with Crippen molar-refractivity contribution in [3.63, 3.8) is 0 Å². The van der Waals surface area contributed by atoms with Crippen molar-refractivity contribution in [2.45, 2.75) is 31.3 Å². The molecule has 2 saturated heterocycles. The molecule has 3 heterocycles. The molecule has 2 fully saturated rings. The van der Waals surface area contributed by atoms with E-state index in [1.165, 1.54) is 0 Å². The van der Waals surface area contributed by atoms with Crippen LogP contribution in [0.5, 0.6) is 0 Å². The maximum atomic E-state index is 13.1. The van der Waals surface area contributed by atoms with Crippen molar-refractivity contribution in [1.82, 2.24) is 14.9 Å². The molecule has 1 aromatic carbocycles. The lowest BCUT2D eigenvalue weighted by atomic mass is 9.84. The van der Waals surface area contributed by atoms with Gasteiger partial charge in [-0.1, -0.05) is 23.7 Å². The van der Waals surface area contributed by atoms with Crippen LogP contribution in [-0.4, -0.2) is 52.1 Å². The van der Waals surface area contributed by atoms with E-state index >= 15 is 0 Å². The predicted molar refractivity (Wildman–Crippen MR) is 108 cm³/mol. The first-order valence-corrected chi connectivity index (χ1v) is 10.2. The Labute approximate surface area is 170 Å². The third-order valence-electron chi connectivity index (χ3n) is 5.89. The maximum absolute atomic E-state index is 13.1. The summed E-state index contributed by atoms with van der Waals surface area (Å²) in [5, 5.41) is 11.7. The summed E-state index contributed by atoms with van der Waals surface area (Å²) in [6.07, 6.45) is 6.39. The van der Waals surface area contributed by atoms with E-state index in [2.05, 4.69) is 14.9 Å². The van der Waals surface area contributed by atoms with E-state index < -0.39 is 5.60 Å². The molecule has 1 aromatic heterocycles. The first-order valence-electron chi connectivity index (χ1n) is 9.84. The summed E-state index contributed by atoms with van der Waals surface area (Å²) in [6.45, 7) is 2.66. The molecule has 148 valence electrons. The molecule has 4 rings (SSSR count). The van der Waals surface area contributed by atoms with E-state index in [0.29, 0.717) is 43.4 Å². The van der Waals surface area contributed by atoms with Crippen molar-refractivity contribution in [1.29, 1.82) is 0 Å². The Hall–Kier alpha value is -2.18. The second-order valence-electron chi connectivity index (χ2n) is 7.70. The number of nitrogens with zero attached hydrogens (tertiary/aromatic N) is 4. The van der Waals surface area contributed by atoms with Gasteiger partial charge < -0.3 is 14.9 Å². The number of halogens is 1. The summed E-state index contributed by atoms with van der Waals surface area (Å²) in [7, 11) is 0. The number of benzene rings is 1. The number of carbonyl (C=O) groups excluding carboxylic acids is 1. The number of aromatic nitrogens is 2. The molecule has 6 nitrogen and oxygen atoms in total. The first kappa shape index (κ1) is 19.2. The standard InChI is InChI=1S/C21H25ClN4O2/c22-18-6-4-17(5-7-18)21(28)8-13-25(14-9-21)19(27)16-3-1-12-26(15-16)20-23-10-2-11-24-20/h2,4-7,10-11,16,28H,1,3,8-9,12-15H2/t16-/m0/s1. The zero-order valence-electron chi connectivity index (χ0n) is 15.8. The smallest absolute Gasteiger partial charge is 0.227 e. The number of hydrogen-bond donors (Lipinski definition) is 1. The van der Waals surface area contributed by atoms with E-state index in [4.69, 9.17) is 11.6 Å². The van der Waals surface area contributed by atoms with Gasteiger partial charge in [-0.25, -0.2) is 9.97 Å². The maximum Gasteiger partial charge on any atom is 0.227 e. The summed E-state index contributed by atoms with van der Waals surface area (Å²) in [5.41, 5.74) is -0.0215. The average Bonchev–Trinajstić information content (AvgIpc) is 2.75.